The van der Waals surface area contributed by atoms with Gasteiger partial charge in [-0.25, -0.2) is 0 Å². The lowest BCUT2D eigenvalue weighted by molar-refractivity contribution is -0.142. The van der Waals surface area contributed by atoms with Crippen LogP contribution in [0, 0.1) is 0 Å². The number of ketones is 1. The van der Waals surface area contributed by atoms with Gasteiger partial charge in [-0.1, -0.05) is 35.9 Å². The van der Waals surface area contributed by atoms with Gasteiger partial charge in [0.25, 0.3) is 5.91 Å². The first-order valence-corrected chi connectivity index (χ1v) is 15.2. The lowest BCUT2D eigenvalue weighted by Gasteiger charge is -2.16. The van der Waals surface area contributed by atoms with Crippen LogP contribution in [0.15, 0.2) is 66.7 Å². The monoisotopic (exact) mass is 619 g/mol. The van der Waals surface area contributed by atoms with Crippen molar-refractivity contribution in [3.05, 3.63) is 99.6 Å². The maximum absolute atomic E-state index is 12.7. The zero-order chi connectivity index (χ0) is 31.3. The van der Waals surface area contributed by atoms with Gasteiger partial charge in [-0.15, -0.1) is 0 Å². The number of hydrogen-bond acceptors (Lipinski definition) is 8. The summed E-state index contributed by atoms with van der Waals surface area (Å²) in [5.74, 6) is -0.789. The second kappa shape index (κ2) is 16.6. The summed E-state index contributed by atoms with van der Waals surface area (Å²) in [6, 6.07) is 20.1. The number of aryl methyl sites for hydroxylation is 1. The third-order valence-corrected chi connectivity index (χ3v) is 7.69. The van der Waals surface area contributed by atoms with Crippen molar-refractivity contribution in [1.29, 1.82) is 0 Å². The first-order chi connectivity index (χ1) is 21.3. The van der Waals surface area contributed by atoms with Crippen LogP contribution in [-0.2, 0) is 38.6 Å². The molecule has 4 rings (SSSR count). The molecule has 232 valence electrons. The molecule has 1 aliphatic heterocycles. The Morgan fingerprint density at radius 1 is 0.818 bits per heavy atom. The predicted molar refractivity (Wildman–Crippen MR) is 169 cm³/mol. The number of anilines is 1. The molecule has 1 heterocycles. The van der Waals surface area contributed by atoms with Gasteiger partial charge in [-0.2, -0.15) is 0 Å². The Labute approximate surface area is 262 Å². The van der Waals surface area contributed by atoms with Crippen LogP contribution in [0.2, 0.25) is 5.02 Å². The predicted octanol–water partition coefficient (Wildman–Crippen LogP) is 5.20. The average molecular weight is 620 g/mol. The Bertz CT molecular complexity index is 1440. The number of amides is 1. The van der Waals surface area contributed by atoms with Gasteiger partial charge in [0.1, 0.15) is 0 Å². The average Bonchev–Trinajstić information content (AvgIpc) is 3.59. The minimum absolute atomic E-state index is 0.00785. The van der Waals surface area contributed by atoms with Crippen molar-refractivity contribution >= 4 is 40.9 Å². The van der Waals surface area contributed by atoms with Gasteiger partial charge in [0.05, 0.1) is 20.3 Å². The van der Waals surface area contributed by atoms with Crippen molar-refractivity contribution in [3.63, 3.8) is 0 Å². The van der Waals surface area contributed by atoms with Gasteiger partial charge in [-0.05, 0) is 78.4 Å². The number of rotatable bonds is 15. The molecule has 0 aliphatic carbocycles. The summed E-state index contributed by atoms with van der Waals surface area (Å²) < 4.78 is 10.0. The molecule has 0 spiro atoms. The van der Waals surface area contributed by atoms with E-state index in [9.17, 15) is 19.2 Å². The Balaban J connectivity index is 1.30. The molecule has 9 nitrogen and oxygen atoms in total. The van der Waals surface area contributed by atoms with Gasteiger partial charge in [0.15, 0.2) is 5.78 Å². The summed E-state index contributed by atoms with van der Waals surface area (Å²) in [6.45, 7) is 2.51. The third-order valence-electron chi connectivity index (χ3n) is 7.44. The molecule has 1 fully saturated rings. The number of halogens is 1. The molecule has 3 aromatic rings. The number of methoxy groups -OCH3 is 1. The molecular formula is C34H38ClN3O6. The lowest BCUT2D eigenvalue weighted by Crippen LogP contribution is -2.27. The van der Waals surface area contributed by atoms with Crippen LogP contribution < -0.4 is 10.6 Å². The summed E-state index contributed by atoms with van der Waals surface area (Å²) in [6.07, 6.45) is 2.99. The highest BCUT2D eigenvalue weighted by Gasteiger charge is 2.19. The lowest BCUT2D eigenvalue weighted by atomic mass is 10.0. The fourth-order valence-corrected chi connectivity index (χ4v) is 5.03. The number of carbonyl (C=O) groups is 4. The van der Waals surface area contributed by atoms with Crippen molar-refractivity contribution < 1.29 is 28.7 Å². The summed E-state index contributed by atoms with van der Waals surface area (Å²) in [5.41, 5.74) is 4.98. The molecule has 0 atom stereocenters. The number of benzene rings is 3. The largest absolute Gasteiger partial charge is 0.469 e. The van der Waals surface area contributed by atoms with Crippen LogP contribution in [0.1, 0.15) is 63.1 Å². The van der Waals surface area contributed by atoms with Crippen molar-refractivity contribution in [2.75, 3.05) is 38.7 Å². The van der Waals surface area contributed by atoms with Crippen molar-refractivity contribution in [2.24, 2.45) is 0 Å². The molecule has 10 heteroatoms. The van der Waals surface area contributed by atoms with E-state index in [1.165, 1.54) is 7.11 Å². The van der Waals surface area contributed by atoms with Gasteiger partial charge in [-0.3, -0.25) is 19.2 Å². The van der Waals surface area contributed by atoms with Crippen molar-refractivity contribution in [2.45, 2.75) is 45.2 Å². The van der Waals surface area contributed by atoms with Crippen LogP contribution in [-0.4, -0.2) is 61.9 Å². The fourth-order valence-electron chi connectivity index (χ4n) is 4.90. The molecule has 1 aliphatic rings. The van der Waals surface area contributed by atoms with E-state index in [1.54, 1.807) is 24.3 Å². The number of likely N-dealkylation sites (tertiary alicyclic amines) is 1. The molecule has 0 aromatic heterocycles. The van der Waals surface area contributed by atoms with Gasteiger partial charge in [0.2, 0.25) is 0 Å². The number of nitrogens with zero attached hydrogens (tertiary/aromatic N) is 1. The summed E-state index contributed by atoms with van der Waals surface area (Å²) in [7, 11) is 1.37. The molecular weight excluding hydrogens is 582 g/mol. The van der Waals surface area contributed by atoms with Crippen molar-refractivity contribution in [3.8, 4) is 0 Å². The quantitative estimate of drug-likeness (QED) is 0.176. The second-order valence-corrected chi connectivity index (χ2v) is 11.1. The van der Waals surface area contributed by atoms with E-state index in [0.717, 1.165) is 48.3 Å². The summed E-state index contributed by atoms with van der Waals surface area (Å²) >= 11 is 5.86. The van der Waals surface area contributed by atoms with Gasteiger partial charge < -0.3 is 25.0 Å². The molecule has 3 aromatic carbocycles. The Morgan fingerprint density at radius 3 is 2.20 bits per heavy atom. The Kier molecular flexibility index (Phi) is 12.3. The number of hydrogen-bond donors (Lipinski definition) is 2. The molecule has 1 amide bonds. The standard InChI is InChI=1S/C34H38ClN3O6/c1-43-32(40)15-7-24-4-10-28(22-36-23-33(41)44-19-16-31(39)26-11-13-29(35)14-12-26)30(20-24)37-21-25-5-8-27(9-6-25)34(42)38-17-2-3-18-38/h4-6,8-14,20,36-37H,2-3,7,15-19,21-23H2,1H3. The first kappa shape index (κ1) is 32.7. The maximum atomic E-state index is 12.7. The highest BCUT2D eigenvalue weighted by atomic mass is 35.5. The van der Waals surface area contributed by atoms with E-state index >= 15 is 0 Å². The van der Waals surface area contributed by atoms with Gasteiger partial charge in [0, 0.05) is 60.9 Å². The summed E-state index contributed by atoms with van der Waals surface area (Å²) in [5, 5.41) is 7.13. The normalized spacial score (nSPS) is 12.5. The number of nitrogens with one attached hydrogen (secondary N) is 2. The molecule has 0 radical (unpaired) electrons. The minimum atomic E-state index is -0.457. The fraction of sp³-hybridized carbons (Fsp3) is 0.353. The first-order valence-electron chi connectivity index (χ1n) is 14.8. The van der Waals surface area contributed by atoms with Crippen LogP contribution in [0.3, 0.4) is 0 Å². The smallest absolute Gasteiger partial charge is 0.319 e. The van der Waals surface area contributed by atoms with Crippen LogP contribution in [0.25, 0.3) is 0 Å². The Morgan fingerprint density at radius 2 is 1.50 bits per heavy atom. The maximum Gasteiger partial charge on any atom is 0.319 e. The van der Waals surface area contributed by atoms with Crippen LogP contribution in [0.5, 0.6) is 0 Å². The van der Waals surface area contributed by atoms with Crippen LogP contribution in [0.4, 0.5) is 5.69 Å². The number of ether oxygens (including phenoxy) is 2. The van der Waals surface area contributed by atoms with Gasteiger partial charge >= 0.3 is 11.9 Å². The molecule has 0 unspecified atom stereocenters. The molecule has 0 bridgehead atoms. The van der Waals surface area contributed by atoms with Crippen LogP contribution >= 0.6 is 11.6 Å². The highest BCUT2D eigenvalue weighted by molar-refractivity contribution is 6.30. The van der Waals surface area contributed by atoms with E-state index in [1.807, 2.05) is 47.4 Å². The minimum Gasteiger partial charge on any atom is -0.469 e. The SMILES string of the molecule is COC(=O)CCc1ccc(CNCC(=O)OCCC(=O)c2ccc(Cl)cc2)c(NCc2ccc(C(=O)N3CCCC3)cc2)c1. The van der Waals surface area contributed by atoms with E-state index in [0.29, 0.717) is 35.7 Å². The molecule has 2 N–H and O–H groups in total. The highest BCUT2D eigenvalue weighted by Crippen LogP contribution is 2.21. The van der Waals surface area contributed by atoms with Crippen molar-refractivity contribution in [1.82, 2.24) is 10.2 Å². The van der Waals surface area contributed by atoms with E-state index in [-0.39, 0.29) is 43.7 Å². The third kappa shape index (κ3) is 9.92. The van der Waals surface area contributed by atoms with E-state index in [4.69, 9.17) is 21.1 Å². The molecule has 44 heavy (non-hydrogen) atoms. The van der Waals surface area contributed by atoms with E-state index < -0.39 is 5.97 Å². The number of carbonyl (C=O) groups excluding carboxylic acids is 4. The molecule has 0 saturated carbocycles. The topological polar surface area (TPSA) is 114 Å². The van der Waals surface area contributed by atoms with E-state index in [2.05, 4.69) is 10.6 Å². The zero-order valence-corrected chi connectivity index (χ0v) is 25.7. The zero-order valence-electron chi connectivity index (χ0n) is 24.9. The second-order valence-electron chi connectivity index (χ2n) is 10.6. The summed E-state index contributed by atoms with van der Waals surface area (Å²) in [4.78, 5) is 50.8. The number of esters is 2. The number of Topliss-reactive ketones (excluding diaryl/α,β-unsaturated/α-hetero) is 1. The Hall–Kier alpha value is -4.21. The molecule has 1 saturated heterocycles.